The quantitative estimate of drug-likeness (QED) is 0.892. The summed E-state index contributed by atoms with van der Waals surface area (Å²) in [6.07, 6.45) is -3.06. The number of nitrogens with one attached hydrogen (secondary N) is 1. The van der Waals surface area contributed by atoms with Gasteiger partial charge in [-0.1, -0.05) is 15.9 Å². The molecule has 1 aromatic heterocycles. The first kappa shape index (κ1) is 15.7. The summed E-state index contributed by atoms with van der Waals surface area (Å²) in [4.78, 5) is 0. The van der Waals surface area contributed by atoms with Crippen LogP contribution in [0, 0.1) is 6.92 Å². The predicted molar refractivity (Wildman–Crippen MR) is 76.1 cm³/mol. The number of hydrogen-bond acceptors (Lipinski definition) is 3. The normalized spacial score (nSPS) is 11.5. The van der Waals surface area contributed by atoms with E-state index in [1.165, 1.54) is 12.1 Å². The van der Waals surface area contributed by atoms with Crippen LogP contribution in [0.2, 0.25) is 0 Å². The Bertz CT molecular complexity index is 640. The van der Waals surface area contributed by atoms with Crippen LogP contribution in [0.3, 0.4) is 0 Å². The first-order valence-corrected chi connectivity index (χ1v) is 6.82. The fourth-order valence-corrected chi connectivity index (χ4v) is 2.10. The lowest BCUT2D eigenvalue weighted by atomic mass is 10.2. The van der Waals surface area contributed by atoms with E-state index in [1.54, 1.807) is 24.0 Å². The maximum atomic E-state index is 12.4. The molecule has 8 heteroatoms. The van der Waals surface area contributed by atoms with Gasteiger partial charge in [-0.15, -0.1) is 13.2 Å². The summed E-state index contributed by atoms with van der Waals surface area (Å²) in [5, 5.41) is 7.02. The molecule has 0 bridgehead atoms. The van der Waals surface area contributed by atoms with E-state index in [9.17, 15) is 13.2 Å². The maximum Gasteiger partial charge on any atom is 0.573 e. The van der Waals surface area contributed by atoms with E-state index in [4.69, 9.17) is 0 Å². The van der Waals surface area contributed by atoms with Crippen LogP contribution in [0.1, 0.15) is 11.3 Å². The fraction of sp³-hybridized carbons (Fsp3) is 0.308. The molecule has 1 heterocycles. The second-order valence-corrected chi connectivity index (χ2v) is 5.34. The van der Waals surface area contributed by atoms with Gasteiger partial charge in [0.25, 0.3) is 0 Å². The molecule has 0 atom stereocenters. The molecule has 0 saturated heterocycles. The second kappa shape index (κ2) is 5.97. The molecular weight excluding hydrogens is 351 g/mol. The van der Waals surface area contributed by atoms with E-state index >= 15 is 0 Å². The molecule has 2 aromatic rings. The molecule has 0 aliphatic carbocycles. The van der Waals surface area contributed by atoms with Crippen LogP contribution in [0.5, 0.6) is 5.75 Å². The molecule has 21 heavy (non-hydrogen) atoms. The molecule has 0 amide bonds. The van der Waals surface area contributed by atoms with Crippen LogP contribution in [0.4, 0.5) is 18.9 Å². The Morgan fingerprint density at radius 1 is 1.38 bits per heavy atom. The topological polar surface area (TPSA) is 39.1 Å². The van der Waals surface area contributed by atoms with Crippen LogP contribution in [-0.2, 0) is 13.6 Å². The molecule has 0 spiro atoms. The van der Waals surface area contributed by atoms with Crippen LogP contribution in [0.25, 0.3) is 0 Å². The number of alkyl halides is 3. The minimum absolute atomic E-state index is 0.263. The Kier molecular flexibility index (Phi) is 4.46. The zero-order chi connectivity index (χ0) is 15.6. The summed E-state index contributed by atoms with van der Waals surface area (Å²) in [5.74, 6) is -0.279. The highest BCUT2D eigenvalue weighted by Crippen LogP contribution is 2.33. The molecule has 2 rings (SSSR count). The summed E-state index contributed by atoms with van der Waals surface area (Å²) in [7, 11) is 1.80. The van der Waals surface area contributed by atoms with E-state index in [0.717, 1.165) is 11.3 Å². The van der Waals surface area contributed by atoms with Gasteiger partial charge in [0, 0.05) is 29.3 Å². The maximum absolute atomic E-state index is 12.4. The Morgan fingerprint density at radius 2 is 2.10 bits per heavy atom. The summed E-state index contributed by atoms with van der Waals surface area (Å²) in [6.45, 7) is 2.24. The van der Waals surface area contributed by atoms with Crippen molar-refractivity contribution in [3.8, 4) is 5.75 Å². The predicted octanol–water partition coefficient (Wildman–Crippen LogP) is 4.00. The number of ether oxygens (including phenoxy) is 1. The fourth-order valence-electron chi connectivity index (χ4n) is 1.76. The molecule has 114 valence electrons. The molecule has 1 aromatic carbocycles. The molecule has 0 saturated carbocycles. The minimum Gasteiger partial charge on any atom is -0.404 e. The van der Waals surface area contributed by atoms with Crippen molar-refractivity contribution in [2.75, 3.05) is 5.32 Å². The monoisotopic (exact) mass is 363 g/mol. The average molecular weight is 364 g/mol. The van der Waals surface area contributed by atoms with Gasteiger partial charge < -0.3 is 10.1 Å². The molecule has 0 unspecified atom stereocenters. The van der Waals surface area contributed by atoms with Crippen molar-refractivity contribution in [3.63, 3.8) is 0 Å². The molecule has 4 nitrogen and oxygen atoms in total. The number of rotatable bonds is 4. The SMILES string of the molecule is Cc1c(CNc2ccc(Br)cc2OC(F)(F)F)cnn1C. The Hall–Kier alpha value is -1.70. The number of benzene rings is 1. The van der Waals surface area contributed by atoms with Crippen LogP contribution < -0.4 is 10.1 Å². The third-order valence-corrected chi connectivity index (χ3v) is 3.47. The van der Waals surface area contributed by atoms with Crippen LogP contribution in [0.15, 0.2) is 28.9 Å². The standard InChI is InChI=1S/C13H13BrF3N3O/c1-8-9(7-19-20(8)2)6-18-11-4-3-10(14)5-12(11)21-13(15,16)17/h3-5,7,18H,6H2,1-2H3. The highest BCUT2D eigenvalue weighted by molar-refractivity contribution is 9.10. The Morgan fingerprint density at radius 3 is 2.67 bits per heavy atom. The van der Waals surface area contributed by atoms with Crippen molar-refractivity contribution in [1.82, 2.24) is 9.78 Å². The van der Waals surface area contributed by atoms with E-state index in [0.29, 0.717) is 11.0 Å². The number of aryl methyl sites for hydroxylation is 1. The number of nitrogens with zero attached hydrogens (tertiary/aromatic N) is 2. The minimum atomic E-state index is -4.73. The van der Waals surface area contributed by atoms with E-state index < -0.39 is 6.36 Å². The van der Waals surface area contributed by atoms with Crippen molar-refractivity contribution in [2.24, 2.45) is 7.05 Å². The average Bonchev–Trinajstić information content (AvgIpc) is 2.67. The highest BCUT2D eigenvalue weighted by Gasteiger charge is 2.32. The van der Waals surface area contributed by atoms with E-state index in [1.807, 2.05) is 6.92 Å². The lowest BCUT2D eigenvalue weighted by Crippen LogP contribution is -2.18. The molecular formula is C13H13BrF3N3O. The number of anilines is 1. The van der Waals surface area contributed by atoms with Gasteiger partial charge >= 0.3 is 6.36 Å². The van der Waals surface area contributed by atoms with Crippen molar-refractivity contribution in [3.05, 3.63) is 40.1 Å². The zero-order valence-corrected chi connectivity index (χ0v) is 12.9. The van der Waals surface area contributed by atoms with E-state index in [-0.39, 0.29) is 11.4 Å². The highest BCUT2D eigenvalue weighted by atomic mass is 79.9. The molecule has 0 radical (unpaired) electrons. The first-order chi connectivity index (χ1) is 9.76. The van der Waals surface area contributed by atoms with Gasteiger partial charge in [-0.2, -0.15) is 5.10 Å². The lowest BCUT2D eigenvalue weighted by Gasteiger charge is -2.15. The lowest BCUT2D eigenvalue weighted by molar-refractivity contribution is -0.274. The van der Waals surface area contributed by atoms with Crippen molar-refractivity contribution in [2.45, 2.75) is 19.8 Å². The smallest absolute Gasteiger partial charge is 0.404 e. The molecule has 0 fully saturated rings. The number of aromatic nitrogens is 2. The van der Waals surface area contributed by atoms with Crippen LogP contribution in [-0.4, -0.2) is 16.1 Å². The molecule has 1 N–H and O–H groups in total. The number of halogens is 4. The van der Waals surface area contributed by atoms with Gasteiger partial charge in [-0.05, 0) is 25.1 Å². The van der Waals surface area contributed by atoms with Gasteiger partial charge in [-0.25, -0.2) is 0 Å². The Labute approximate surface area is 128 Å². The third kappa shape index (κ3) is 4.13. The van der Waals surface area contributed by atoms with Gasteiger partial charge in [-0.3, -0.25) is 4.68 Å². The summed E-state index contributed by atoms with van der Waals surface area (Å²) in [5.41, 5.74) is 2.11. The van der Waals surface area contributed by atoms with Gasteiger partial charge in [0.15, 0.2) is 5.75 Å². The summed E-state index contributed by atoms with van der Waals surface area (Å²) < 4.78 is 43.4. The van der Waals surface area contributed by atoms with Crippen molar-refractivity contribution in [1.29, 1.82) is 0 Å². The van der Waals surface area contributed by atoms with Gasteiger partial charge in [0.05, 0.1) is 11.9 Å². The van der Waals surface area contributed by atoms with Crippen LogP contribution >= 0.6 is 15.9 Å². The van der Waals surface area contributed by atoms with Crippen molar-refractivity contribution >= 4 is 21.6 Å². The van der Waals surface area contributed by atoms with Crippen molar-refractivity contribution < 1.29 is 17.9 Å². The summed E-state index contributed by atoms with van der Waals surface area (Å²) >= 11 is 3.13. The third-order valence-electron chi connectivity index (χ3n) is 2.98. The second-order valence-electron chi connectivity index (χ2n) is 4.42. The zero-order valence-electron chi connectivity index (χ0n) is 11.3. The van der Waals surface area contributed by atoms with Gasteiger partial charge in [0.2, 0.25) is 0 Å². The van der Waals surface area contributed by atoms with E-state index in [2.05, 4.69) is 31.1 Å². The summed E-state index contributed by atoms with van der Waals surface area (Å²) in [6, 6.07) is 4.43. The number of hydrogen-bond donors (Lipinski definition) is 1. The molecule has 0 aliphatic rings. The first-order valence-electron chi connectivity index (χ1n) is 6.03. The van der Waals surface area contributed by atoms with Gasteiger partial charge in [0.1, 0.15) is 0 Å². The largest absolute Gasteiger partial charge is 0.573 e. The molecule has 0 aliphatic heterocycles. The Balaban J connectivity index is 2.17.